The Morgan fingerprint density at radius 2 is 2.31 bits per heavy atom. The van der Waals surface area contributed by atoms with E-state index in [1.165, 1.54) is 0 Å². The van der Waals surface area contributed by atoms with E-state index >= 15 is 0 Å². The Labute approximate surface area is 105 Å². The van der Waals surface area contributed by atoms with Gasteiger partial charge in [0.25, 0.3) is 0 Å². The SMILES string of the molecule is C#CC(CCC)Nc1cccc(Br)c1C#N. The second kappa shape index (κ2) is 6.20. The van der Waals surface area contributed by atoms with Crippen LogP contribution in [0.25, 0.3) is 0 Å². The van der Waals surface area contributed by atoms with E-state index in [4.69, 9.17) is 11.7 Å². The van der Waals surface area contributed by atoms with Crippen LogP contribution in [0.2, 0.25) is 0 Å². The van der Waals surface area contributed by atoms with Gasteiger partial charge in [-0.05, 0) is 34.5 Å². The molecule has 0 saturated heterocycles. The van der Waals surface area contributed by atoms with E-state index in [1.807, 2.05) is 18.2 Å². The highest BCUT2D eigenvalue weighted by molar-refractivity contribution is 9.10. The van der Waals surface area contributed by atoms with Gasteiger partial charge in [-0.3, -0.25) is 0 Å². The summed E-state index contributed by atoms with van der Waals surface area (Å²) in [6.07, 6.45) is 7.34. The molecule has 16 heavy (non-hydrogen) atoms. The van der Waals surface area contributed by atoms with Crippen molar-refractivity contribution in [1.29, 1.82) is 5.26 Å². The van der Waals surface area contributed by atoms with E-state index in [0.29, 0.717) is 5.56 Å². The summed E-state index contributed by atoms with van der Waals surface area (Å²) in [6.45, 7) is 2.08. The monoisotopic (exact) mass is 276 g/mol. The Morgan fingerprint density at radius 1 is 1.56 bits per heavy atom. The molecule has 1 rings (SSSR count). The summed E-state index contributed by atoms with van der Waals surface area (Å²) in [5, 5.41) is 12.2. The summed E-state index contributed by atoms with van der Waals surface area (Å²) in [5.41, 5.74) is 1.38. The summed E-state index contributed by atoms with van der Waals surface area (Å²) in [7, 11) is 0. The van der Waals surface area contributed by atoms with Gasteiger partial charge in [-0.25, -0.2) is 0 Å². The van der Waals surface area contributed by atoms with Gasteiger partial charge in [0.2, 0.25) is 0 Å². The molecule has 0 aromatic heterocycles. The van der Waals surface area contributed by atoms with Crippen molar-refractivity contribution in [3.8, 4) is 18.4 Å². The Balaban J connectivity index is 2.93. The standard InChI is InChI=1S/C13H13BrN2/c1-3-6-10(4-2)16-13-8-5-7-12(14)11(13)9-15/h2,5,7-8,10,16H,3,6H2,1H3. The number of terminal acetylenes is 1. The maximum Gasteiger partial charge on any atom is 0.103 e. The zero-order chi connectivity index (χ0) is 12.0. The third-order valence-electron chi connectivity index (χ3n) is 2.23. The van der Waals surface area contributed by atoms with Crippen LogP contribution < -0.4 is 5.32 Å². The van der Waals surface area contributed by atoms with Crippen molar-refractivity contribution in [2.75, 3.05) is 5.32 Å². The van der Waals surface area contributed by atoms with Crippen molar-refractivity contribution in [2.24, 2.45) is 0 Å². The average molecular weight is 277 g/mol. The minimum absolute atomic E-state index is 0.0219. The lowest BCUT2D eigenvalue weighted by atomic mass is 10.1. The number of hydrogen-bond acceptors (Lipinski definition) is 2. The highest BCUT2D eigenvalue weighted by Crippen LogP contribution is 2.24. The second-order valence-electron chi connectivity index (χ2n) is 3.43. The van der Waals surface area contributed by atoms with E-state index < -0.39 is 0 Å². The summed E-state index contributed by atoms with van der Waals surface area (Å²) < 4.78 is 0.785. The molecule has 1 atom stereocenters. The van der Waals surface area contributed by atoms with Crippen LogP contribution >= 0.6 is 15.9 Å². The molecule has 82 valence electrons. The molecule has 1 aromatic rings. The van der Waals surface area contributed by atoms with Crippen molar-refractivity contribution in [2.45, 2.75) is 25.8 Å². The normalized spacial score (nSPS) is 11.2. The number of benzene rings is 1. The summed E-state index contributed by atoms with van der Waals surface area (Å²) in [4.78, 5) is 0. The van der Waals surface area contributed by atoms with Crippen LogP contribution in [-0.2, 0) is 0 Å². The van der Waals surface area contributed by atoms with Crippen LogP contribution in [0.4, 0.5) is 5.69 Å². The number of nitrogens with zero attached hydrogens (tertiary/aromatic N) is 1. The van der Waals surface area contributed by atoms with Crippen molar-refractivity contribution in [1.82, 2.24) is 0 Å². The predicted molar refractivity (Wildman–Crippen MR) is 70.0 cm³/mol. The maximum atomic E-state index is 9.04. The quantitative estimate of drug-likeness (QED) is 0.854. The van der Waals surface area contributed by atoms with E-state index in [2.05, 4.69) is 40.2 Å². The Bertz CT molecular complexity index is 440. The predicted octanol–water partition coefficient (Wildman–Crippen LogP) is 3.53. The molecule has 0 amide bonds. The van der Waals surface area contributed by atoms with Gasteiger partial charge in [-0.1, -0.05) is 25.3 Å². The van der Waals surface area contributed by atoms with E-state index in [9.17, 15) is 0 Å². The van der Waals surface area contributed by atoms with Gasteiger partial charge < -0.3 is 5.32 Å². The van der Waals surface area contributed by atoms with Gasteiger partial charge in [0.05, 0.1) is 17.3 Å². The molecule has 2 nitrogen and oxygen atoms in total. The first-order chi connectivity index (χ1) is 7.72. The molecular weight excluding hydrogens is 264 g/mol. The minimum atomic E-state index is -0.0219. The first kappa shape index (κ1) is 12.6. The van der Waals surface area contributed by atoms with E-state index in [-0.39, 0.29) is 6.04 Å². The number of rotatable bonds is 4. The third kappa shape index (κ3) is 3.02. The smallest absolute Gasteiger partial charge is 0.103 e. The first-order valence-electron chi connectivity index (χ1n) is 5.14. The van der Waals surface area contributed by atoms with Crippen LogP contribution in [0.3, 0.4) is 0 Å². The van der Waals surface area contributed by atoms with E-state index in [0.717, 1.165) is 23.0 Å². The Kier molecular flexibility index (Phi) is 4.89. The lowest BCUT2D eigenvalue weighted by molar-refractivity contribution is 0.755. The van der Waals surface area contributed by atoms with Crippen LogP contribution in [0.1, 0.15) is 25.3 Å². The van der Waals surface area contributed by atoms with Gasteiger partial charge in [0.15, 0.2) is 0 Å². The molecule has 1 unspecified atom stereocenters. The zero-order valence-corrected chi connectivity index (χ0v) is 10.7. The van der Waals surface area contributed by atoms with Gasteiger partial charge >= 0.3 is 0 Å². The summed E-state index contributed by atoms with van der Waals surface area (Å²) in [6, 6.07) is 7.72. The number of anilines is 1. The zero-order valence-electron chi connectivity index (χ0n) is 9.13. The molecule has 0 aliphatic heterocycles. The average Bonchev–Trinajstić information content (AvgIpc) is 2.28. The number of nitriles is 1. The van der Waals surface area contributed by atoms with Crippen LogP contribution in [0.15, 0.2) is 22.7 Å². The van der Waals surface area contributed by atoms with Gasteiger partial charge in [0.1, 0.15) is 6.07 Å². The molecule has 0 radical (unpaired) electrons. The third-order valence-corrected chi connectivity index (χ3v) is 2.89. The van der Waals surface area contributed by atoms with Crippen molar-refractivity contribution in [3.05, 3.63) is 28.2 Å². The highest BCUT2D eigenvalue weighted by atomic mass is 79.9. The molecule has 0 aliphatic carbocycles. The number of halogens is 1. The van der Waals surface area contributed by atoms with Crippen LogP contribution in [-0.4, -0.2) is 6.04 Å². The van der Waals surface area contributed by atoms with E-state index in [1.54, 1.807) is 0 Å². The molecule has 0 heterocycles. The molecule has 0 spiro atoms. The lowest BCUT2D eigenvalue weighted by Gasteiger charge is -2.15. The molecule has 3 heteroatoms. The first-order valence-corrected chi connectivity index (χ1v) is 5.93. The molecular formula is C13H13BrN2. The molecule has 0 aliphatic rings. The maximum absolute atomic E-state index is 9.04. The fourth-order valence-corrected chi connectivity index (χ4v) is 1.89. The van der Waals surface area contributed by atoms with Gasteiger partial charge in [-0.15, -0.1) is 6.42 Å². The molecule has 0 saturated carbocycles. The largest absolute Gasteiger partial charge is 0.370 e. The Morgan fingerprint density at radius 3 is 2.88 bits per heavy atom. The fourth-order valence-electron chi connectivity index (χ4n) is 1.43. The fraction of sp³-hybridized carbons (Fsp3) is 0.308. The van der Waals surface area contributed by atoms with Crippen LogP contribution in [0, 0.1) is 23.7 Å². The van der Waals surface area contributed by atoms with Gasteiger partial charge in [-0.2, -0.15) is 5.26 Å². The molecule has 1 N–H and O–H groups in total. The topological polar surface area (TPSA) is 35.8 Å². The molecule has 0 bridgehead atoms. The Hall–Kier alpha value is -1.45. The van der Waals surface area contributed by atoms with Crippen LogP contribution in [0.5, 0.6) is 0 Å². The summed E-state index contributed by atoms with van der Waals surface area (Å²) in [5.74, 6) is 2.69. The molecule has 1 aromatic carbocycles. The van der Waals surface area contributed by atoms with Crippen molar-refractivity contribution >= 4 is 21.6 Å². The van der Waals surface area contributed by atoms with Crippen molar-refractivity contribution < 1.29 is 0 Å². The van der Waals surface area contributed by atoms with Gasteiger partial charge in [0, 0.05) is 4.47 Å². The number of nitrogens with one attached hydrogen (secondary N) is 1. The number of hydrogen-bond donors (Lipinski definition) is 1. The summed E-state index contributed by atoms with van der Waals surface area (Å²) >= 11 is 3.34. The lowest BCUT2D eigenvalue weighted by Crippen LogP contribution is -2.17. The minimum Gasteiger partial charge on any atom is -0.370 e. The highest BCUT2D eigenvalue weighted by Gasteiger charge is 2.09. The second-order valence-corrected chi connectivity index (χ2v) is 4.28. The molecule has 0 fully saturated rings. The van der Waals surface area contributed by atoms with Crippen molar-refractivity contribution in [3.63, 3.8) is 0 Å².